The highest BCUT2D eigenvalue weighted by atomic mass is 32.1. The molecule has 7 rings (SSSR count). The smallest absolute Gasteiger partial charge is 0.323 e. The van der Waals surface area contributed by atoms with E-state index in [-0.39, 0.29) is 22.9 Å². The predicted molar refractivity (Wildman–Crippen MR) is 146 cm³/mol. The first-order chi connectivity index (χ1) is 19.4. The topological polar surface area (TPSA) is 140 Å². The highest BCUT2D eigenvalue weighted by Gasteiger charge is 2.52. The van der Waals surface area contributed by atoms with Gasteiger partial charge in [-0.2, -0.15) is 25.5 Å². The summed E-state index contributed by atoms with van der Waals surface area (Å²) in [6.07, 6.45) is 3.44. The van der Waals surface area contributed by atoms with Crippen LogP contribution in [0.2, 0.25) is 0 Å². The molecule has 40 heavy (non-hydrogen) atoms. The van der Waals surface area contributed by atoms with Gasteiger partial charge < -0.3 is 25.0 Å². The maximum Gasteiger partial charge on any atom is 0.323 e. The Morgan fingerprint density at radius 3 is 2.75 bits per heavy atom. The van der Waals surface area contributed by atoms with Crippen LogP contribution in [-0.4, -0.2) is 90.7 Å². The van der Waals surface area contributed by atoms with Crippen molar-refractivity contribution in [2.75, 3.05) is 74.6 Å². The van der Waals surface area contributed by atoms with Crippen LogP contribution in [0, 0.1) is 28.6 Å². The van der Waals surface area contributed by atoms with Crippen LogP contribution < -0.4 is 20.3 Å². The normalized spacial score (nSPS) is 29.0. The van der Waals surface area contributed by atoms with Crippen molar-refractivity contribution >= 4 is 28.2 Å². The van der Waals surface area contributed by atoms with E-state index in [1.165, 1.54) is 16.2 Å². The highest BCUT2D eigenvalue weighted by molar-refractivity contribution is 7.16. The Kier molecular flexibility index (Phi) is 6.22. The zero-order valence-corrected chi connectivity index (χ0v) is 23.1. The number of alkyl halides is 1. The zero-order chi connectivity index (χ0) is 27.5. The molecule has 0 saturated carbocycles. The molecular formula is C27H32FN9O2S. The van der Waals surface area contributed by atoms with Crippen LogP contribution in [0.1, 0.15) is 41.7 Å². The average Bonchev–Trinajstić information content (AvgIpc) is 3.59. The molecule has 2 aromatic rings. The number of aryl methyl sites for hydroxylation is 1. The van der Waals surface area contributed by atoms with Crippen molar-refractivity contribution in [3.63, 3.8) is 0 Å². The minimum Gasteiger partial charge on any atom is -0.461 e. The fourth-order valence-corrected chi connectivity index (χ4v) is 8.51. The van der Waals surface area contributed by atoms with Gasteiger partial charge in [0.15, 0.2) is 0 Å². The van der Waals surface area contributed by atoms with Gasteiger partial charge in [-0.25, -0.2) is 4.39 Å². The Morgan fingerprint density at radius 2 is 1.95 bits per heavy atom. The van der Waals surface area contributed by atoms with Crippen molar-refractivity contribution in [3.05, 3.63) is 16.0 Å². The third kappa shape index (κ3) is 4.14. The van der Waals surface area contributed by atoms with Crippen LogP contribution in [0.4, 0.5) is 21.3 Å². The molecule has 4 saturated heterocycles. The van der Waals surface area contributed by atoms with Crippen LogP contribution in [-0.2, 0) is 16.6 Å². The molecule has 1 aliphatic carbocycles. The Labute approximate surface area is 236 Å². The minimum absolute atomic E-state index is 0.131. The summed E-state index contributed by atoms with van der Waals surface area (Å²) in [5, 5.41) is 19.9. The van der Waals surface area contributed by atoms with Crippen LogP contribution in [0.5, 0.6) is 6.01 Å². The number of anilines is 3. The lowest BCUT2D eigenvalue weighted by molar-refractivity contribution is 0.107. The SMILES string of the molecule is N#Cc1c(N)sc2c1C1(CC2)CN(c2nc(OC[C@@]34CCCN3C[C@H](F)C4)nc(N3CCOCC(C#N)C3)n2)C1. The van der Waals surface area contributed by atoms with Crippen LogP contribution >= 0.6 is 11.3 Å². The van der Waals surface area contributed by atoms with Gasteiger partial charge in [0.1, 0.15) is 23.8 Å². The fourth-order valence-electron chi connectivity index (χ4n) is 7.37. The Morgan fingerprint density at radius 1 is 1.12 bits per heavy atom. The summed E-state index contributed by atoms with van der Waals surface area (Å²) in [5.41, 5.74) is 7.43. The fraction of sp³-hybridized carbons (Fsp3) is 0.667. The molecule has 4 fully saturated rings. The summed E-state index contributed by atoms with van der Waals surface area (Å²) < 4.78 is 26.2. The monoisotopic (exact) mass is 565 g/mol. The number of nitriles is 2. The number of nitrogens with two attached hydrogens (primary N) is 1. The second kappa shape index (κ2) is 9.68. The number of hydrogen-bond donors (Lipinski definition) is 1. The van der Waals surface area contributed by atoms with Crippen molar-refractivity contribution in [1.29, 1.82) is 10.5 Å². The molecule has 1 unspecified atom stereocenters. The van der Waals surface area contributed by atoms with E-state index in [1.54, 1.807) is 0 Å². The summed E-state index contributed by atoms with van der Waals surface area (Å²) >= 11 is 1.53. The van der Waals surface area contributed by atoms with Crippen LogP contribution in [0.3, 0.4) is 0 Å². The lowest BCUT2D eigenvalue weighted by Crippen LogP contribution is -2.59. The molecule has 0 radical (unpaired) electrons. The summed E-state index contributed by atoms with van der Waals surface area (Å²) in [4.78, 5) is 21.7. The highest BCUT2D eigenvalue weighted by Crippen LogP contribution is 2.52. The van der Waals surface area contributed by atoms with Crippen molar-refractivity contribution in [1.82, 2.24) is 19.9 Å². The number of nitrogen functional groups attached to an aromatic ring is 1. The number of ether oxygens (including phenoxy) is 2. The quantitative estimate of drug-likeness (QED) is 0.569. The van der Waals surface area contributed by atoms with Gasteiger partial charge >= 0.3 is 6.01 Å². The molecular weight excluding hydrogens is 533 g/mol. The second-order valence-corrected chi connectivity index (χ2v) is 13.0. The molecule has 0 aromatic carbocycles. The number of fused-ring (bicyclic) bond motifs is 3. The summed E-state index contributed by atoms with van der Waals surface area (Å²) in [7, 11) is 0. The van der Waals surface area contributed by atoms with E-state index in [0.29, 0.717) is 81.4 Å². The second-order valence-electron chi connectivity index (χ2n) is 11.8. The van der Waals surface area contributed by atoms with Crippen molar-refractivity contribution in [3.8, 4) is 18.1 Å². The minimum atomic E-state index is -0.841. The van der Waals surface area contributed by atoms with Crippen LogP contribution in [0.15, 0.2) is 0 Å². The maximum absolute atomic E-state index is 14.3. The maximum atomic E-state index is 14.3. The van der Waals surface area contributed by atoms with Gasteiger partial charge in [0.25, 0.3) is 0 Å². The van der Waals surface area contributed by atoms with Gasteiger partial charge in [-0.15, -0.1) is 11.3 Å². The molecule has 1 spiro atoms. The summed E-state index contributed by atoms with van der Waals surface area (Å²) in [6.45, 7) is 4.87. The lowest BCUT2D eigenvalue weighted by atomic mass is 9.74. The number of halogens is 1. The Bertz CT molecular complexity index is 1400. The van der Waals surface area contributed by atoms with Gasteiger partial charge in [0, 0.05) is 49.4 Å². The van der Waals surface area contributed by atoms with Gasteiger partial charge in [0.2, 0.25) is 11.9 Å². The number of hydrogen-bond acceptors (Lipinski definition) is 12. The molecule has 5 aliphatic rings. The molecule has 0 amide bonds. The predicted octanol–water partition coefficient (Wildman–Crippen LogP) is 2.02. The number of thiophene rings is 1. The van der Waals surface area contributed by atoms with Crippen molar-refractivity contribution in [2.24, 2.45) is 5.92 Å². The molecule has 11 nitrogen and oxygen atoms in total. The van der Waals surface area contributed by atoms with Crippen molar-refractivity contribution in [2.45, 2.75) is 49.2 Å². The summed E-state index contributed by atoms with van der Waals surface area (Å²) in [6, 6.07) is 4.85. The lowest BCUT2D eigenvalue weighted by Gasteiger charge is -2.48. The van der Waals surface area contributed by atoms with Gasteiger partial charge in [0.05, 0.1) is 36.3 Å². The molecule has 13 heteroatoms. The number of rotatable bonds is 5. The molecule has 6 heterocycles. The number of nitrogens with zero attached hydrogens (tertiary/aromatic N) is 8. The third-order valence-corrected chi connectivity index (χ3v) is 10.4. The van der Waals surface area contributed by atoms with Crippen LogP contribution in [0.25, 0.3) is 0 Å². The zero-order valence-electron chi connectivity index (χ0n) is 22.3. The van der Waals surface area contributed by atoms with E-state index in [2.05, 4.69) is 26.9 Å². The third-order valence-electron chi connectivity index (χ3n) is 9.30. The number of aromatic nitrogens is 3. The summed E-state index contributed by atoms with van der Waals surface area (Å²) in [5.74, 6) is 0.664. The molecule has 4 aliphatic heterocycles. The van der Waals surface area contributed by atoms with E-state index < -0.39 is 6.17 Å². The van der Waals surface area contributed by atoms with E-state index in [9.17, 15) is 14.9 Å². The van der Waals surface area contributed by atoms with Gasteiger partial charge in [-0.05, 0) is 37.8 Å². The molecule has 2 N–H and O–H groups in total. The molecule has 210 valence electrons. The standard InChI is InChI=1S/C27H32FN9O2S/c28-18-8-27(3-1-5-37(27)12-18)16-39-25-33-23(35-6-7-38-13-17(9-29)11-35)32-24(34-25)36-14-26(15-36)4-2-20-21(26)19(10-30)22(31)40-20/h17-18H,1-8,11-16,31H2/t17?,18-,27+/m1/s1. The Hall–Kier alpha value is -3.26. The van der Waals surface area contributed by atoms with Gasteiger partial charge in [-0.1, -0.05) is 0 Å². The first kappa shape index (κ1) is 25.7. The van der Waals surface area contributed by atoms with E-state index in [4.69, 9.17) is 25.2 Å². The van der Waals surface area contributed by atoms with E-state index in [1.807, 2.05) is 4.90 Å². The molecule has 2 aromatic heterocycles. The first-order valence-corrected chi connectivity index (χ1v) is 14.8. The van der Waals surface area contributed by atoms with Gasteiger partial charge in [-0.3, -0.25) is 4.90 Å². The van der Waals surface area contributed by atoms with E-state index in [0.717, 1.165) is 37.8 Å². The average molecular weight is 566 g/mol. The Balaban J connectivity index is 1.17. The molecule has 0 bridgehead atoms. The largest absolute Gasteiger partial charge is 0.461 e. The van der Waals surface area contributed by atoms with Crippen molar-refractivity contribution < 1.29 is 13.9 Å². The van der Waals surface area contributed by atoms with E-state index >= 15 is 0 Å². The first-order valence-electron chi connectivity index (χ1n) is 14.0. The molecule has 3 atom stereocenters.